The second-order valence-corrected chi connectivity index (χ2v) is 6.64. The highest BCUT2D eigenvalue weighted by Gasteiger charge is 2.18. The molecule has 0 aromatic rings. The van der Waals surface area contributed by atoms with Crippen molar-refractivity contribution < 1.29 is 13.2 Å². The fourth-order valence-electron chi connectivity index (χ4n) is 1.52. The van der Waals surface area contributed by atoms with Gasteiger partial charge in [-0.05, 0) is 12.3 Å². The molecule has 1 unspecified atom stereocenters. The number of Topliss-reactive ketones (excluding diaryl/α,β-unsaturated/α-hetero) is 1. The fourth-order valence-corrected chi connectivity index (χ4v) is 2.20. The van der Waals surface area contributed by atoms with Crippen LogP contribution < -0.4 is 5.73 Å². The normalized spacial score (nSPS) is 14.1. The van der Waals surface area contributed by atoms with Gasteiger partial charge in [0.05, 0.1) is 11.8 Å². The highest BCUT2D eigenvalue weighted by molar-refractivity contribution is 7.90. The maximum absolute atomic E-state index is 11.7. The Balaban J connectivity index is 4.09. The number of hydrogen-bond acceptors (Lipinski definition) is 4. The Morgan fingerprint density at radius 1 is 1.25 bits per heavy atom. The van der Waals surface area contributed by atoms with E-state index in [1.165, 1.54) is 0 Å². The summed E-state index contributed by atoms with van der Waals surface area (Å²) in [7, 11) is -3.02. The number of carbonyl (C=O) groups excluding carboxylic acids is 1. The molecular formula is C11H23NO3S. The van der Waals surface area contributed by atoms with Crippen molar-refractivity contribution in [1.29, 1.82) is 0 Å². The standard InChI is InChI=1S/C11H23NO3S/c1-4-9(5-2)8-11(13)10(12)6-7-16(3,14)15/h9-10H,4-8,12H2,1-3H3. The van der Waals surface area contributed by atoms with E-state index in [2.05, 4.69) is 0 Å². The molecule has 0 aliphatic carbocycles. The lowest BCUT2D eigenvalue weighted by molar-refractivity contribution is -0.121. The van der Waals surface area contributed by atoms with Crippen molar-refractivity contribution in [3.8, 4) is 0 Å². The Bertz CT molecular complexity index is 307. The van der Waals surface area contributed by atoms with Crippen LogP contribution in [0.15, 0.2) is 0 Å². The lowest BCUT2D eigenvalue weighted by Crippen LogP contribution is -2.33. The minimum Gasteiger partial charge on any atom is -0.321 e. The fraction of sp³-hybridized carbons (Fsp3) is 0.909. The van der Waals surface area contributed by atoms with E-state index < -0.39 is 15.9 Å². The lowest BCUT2D eigenvalue weighted by Gasteiger charge is -2.15. The summed E-state index contributed by atoms with van der Waals surface area (Å²) >= 11 is 0. The number of hydrogen-bond donors (Lipinski definition) is 1. The number of nitrogens with two attached hydrogens (primary N) is 1. The minimum absolute atomic E-state index is 0.0111. The van der Waals surface area contributed by atoms with Gasteiger partial charge in [0.25, 0.3) is 0 Å². The Morgan fingerprint density at radius 3 is 2.12 bits per heavy atom. The highest BCUT2D eigenvalue weighted by Crippen LogP contribution is 2.14. The van der Waals surface area contributed by atoms with Gasteiger partial charge in [-0.25, -0.2) is 8.42 Å². The lowest BCUT2D eigenvalue weighted by atomic mass is 9.94. The van der Waals surface area contributed by atoms with Crippen LogP contribution in [-0.2, 0) is 14.6 Å². The smallest absolute Gasteiger partial charge is 0.149 e. The van der Waals surface area contributed by atoms with Gasteiger partial charge in [0, 0.05) is 12.7 Å². The van der Waals surface area contributed by atoms with Gasteiger partial charge in [0.15, 0.2) is 0 Å². The summed E-state index contributed by atoms with van der Waals surface area (Å²) in [5.74, 6) is 0.345. The molecule has 0 spiro atoms. The second kappa shape index (κ2) is 7.01. The van der Waals surface area contributed by atoms with Crippen molar-refractivity contribution in [2.24, 2.45) is 11.7 Å². The molecule has 0 aliphatic rings. The van der Waals surface area contributed by atoms with Crippen molar-refractivity contribution >= 4 is 15.6 Å². The van der Waals surface area contributed by atoms with E-state index in [-0.39, 0.29) is 18.0 Å². The molecule has 1 atom stereocenters. The van der Waals surface area contributed by atoms with Gasteiger partial charge in [0.1, 0.15) is 15.6 Å². The highest BCUT2D eigenvalue weighted by atomic mass is 32.2. The zero-order valence-corrected chi connectivity index (χ0v) is 11.2. The topological polar surface area (TPSA) is 77.2 Å². The molecule has 0 aromatic heterocycles. The maximum Gasteiger partial charge on any atom is 0.149 e. The number of sulfone groups is 1. The van der Waals surface area contributed by atoms with E-state index in [1.807, 2.05) is 13.8 Å². The third-order valence-corrected chi connectivity index (χ3v) is 3.84. The molecule has 0 aliphatic heterocycles. The van der Waals surface area contributed by atoms with E-state index in [0.29, 0.717) is 12.3 Å². The molecule has 0 fully saturated rings. The van der Waals surface area contributed by atoms with Crippen LogP contribution >= 0.6 is 0 Å². The average Bonchev–Trinajstić information content (AvgIpc) is 2.20. The monoisotopic (exact) mass is 249 g/mol. The largest absolute Gasteiger partial charge is 0.321 e. The van der Waals surface area contributed by atoms with Crippen LogP contribution in [0.2, 0.25) is 0 Å². The quantitative estimate of drug-likeness (QED) is 0.700. The van der Waals surface area contributed by atoms with E-state index in [1.54, 1.807) is 0 Å². The van der Waals surface area contributed by atoms with Gasteiger partial charge < -0.3 is 5.73 Å². The van der Waals surface area contributed by atoms with Crippen molar-refractivity contribution in [2.75, 3.05) is 12.0 Å². The summed E-state index contributed by atoms with van der Waals surface area (Å²) in [6, 6.07) is -0.629. The number of rotatable bonds is 8. The van der Waals surface area contributed by atoms with E-state index >= 15 is 0 Å². The number of carbonyl (C=O) groups is 1. The van der Waals surface area contributed by atoms with Gasteiger partial charge in [0.2, 0.25) is 0 Å². The van der Waals surface area contributed by atoms with E-state index in [0.717, 1.165) is 19.1 Å². The number of ketones is 1. The summed E-state index contributed by atoms with van der Waals surface area (Å²) in [4.78, 5) is 11.7. The van der Waals surface area contributed by atoms with Crippen molar-refractivity contribution in [1.82, 2.24) is 0 Å². The molecule has 0 heterocycles. The van der Waals surface area contributed by atoms with Crippen LogP contribution in [0.25, 0.3) is 0 Å². The summed E-state index contributed by atoms with van der Waals surface area (Å²) in [6.45, 7) is 4.09. The zero-order chi connectivity index (χ0) is 12.8. The van der Waals surface area contributed by atoms with Gasteiger partial charge in [-0.15, -0.1) is 0 Å². The second-order valence-electron chi connectivity index (χ2n) is 4.38. The average molecular weight is 249 g/mol. The zero-order valence-electron chi connectivity index (χ0n) is 10.4. The van der Waals surface area contributed by atoms with E-state index in [4.69, 9.17) is 5.73 Å². The van der Waals surface area contributed by atoms with Crippen LogP contribution in [0.5, 0.6) is 0 Å². The first-order valence-electron chi connectivity index (χ1n) is 5.76. The third kappa shape index (κ3) is 6.95. The first kappa shape index (κ1) is 15.6. The van der Waals surface area contributed by atoms with Gasteiger partial charge in [-0.1, -0.05) is 26.7 Å². The molecule has 0 amide bonds. The van der Waals surface area contributed by atoms with Gasteiger partial charge in [-0.2, -0.15) is 0 Å². The molecular weight excluding hydrogens is 226 g/mol. The predicted octanol–water partition coefficient (Wildman–Crippen LogP) is 1.14. The van der Waals surface area contributed by atoms with Gasteiger partial charge in [-0.3, -0.25) is 4.79 Å². The Hall–Kier alpha value is -0.420. The van der Waals surface area contributed by atoms with Crippen LogP contribution in [0.3, 0.4) is 0 Å². The van der Waals surface area contributed by atoms with Crippen molar-refractivity contribution in [3.05, 3.63) is 0 Å². The first-order chi connectivity index (χ1) is 7.30. The van der Waals surface area contributed by atoms with Gasteiger partial charge >= 0.3 is 0 Å². The summed E-state index contributed by atoms with van der Waals surface area (Å²) in [6.07, 6.45) is 3.78. The molecule has 2 N–H and O–H groups in total. The Morgan fingerprint density at radius 2 is 1.75 bits per heavy atom. The van der Waals surface area contributed by atoms with Crippen LogP contribution in [-0.4, -0.2) is 32.3 Å². The van der Waals surface area contributed by atoms with Crippen molar-refractivity contribution in [2.45, 2.75) is 45.6 Å². The summed E-state index contributed by atoms with van der Waals surface area (Å²) < 4.78 is 21.9. The molecule has 96 valence electrons. The van der Waals surface area contributed by atoms with Crippen LogP contribution in [0, 0.1) is 5.92 Å². The summed E-state index contributed by atoms with van der Waals surface area (Å²) in [5.41, 5.74) is 5.67. The SMILES string of the molecule is CCC(CC)CC(=O)C(N)CCS(C)(=O)=O. The molecule has 0 rings (SSSR count). The predicted molar refractivity (Wildman–Crippen MR) is 66.0 cm³/mol. The van der Waals surface area contributed by atoms with Crippen molar-refractivity contribution in [3.63, 3.8) is 0 Å². The summed E-state index contributed by atoms with van der Waals surface area (Å²) in [5, 5.41) is 0. The molecule has 5 heteroatoms. The van der Waals surface area contributed by atoms with E-state index in [9.17, 15) is 13.2 Å². The Kier molecular flexibility index (Phi) is 6.83. The molecule has 0 radical (unpaired) electrons. The van der Waals surface area contributed by atoms with Crippen LogP contribution in [0.4, 0.5) is 0 Å². The first-order valence-corrected chi connectivity index (χ1v) is 7.82. The molecule has 0 aromatic carbocycles. The third-order valence-electron chi connectivity index (χ3n) is 2.86. The molecule has 4 nitrogen and oxygen atoms in total. The minimum atomic E-state index is -3.02. The molecule has 0 saturated carbocycles. The molecule has 16 heavy (non-hydrogen) atoms. The van der Waals surface area contributed by atoms with Crippen LogP contribution in [0.1, 0.15) is 39.5 Å². The maximum atomic E-state index is 11.7. The molecule has 0 saturated heterocycles. The Labute approximate surface area is 98.5 Å². The molecule has 0 bridgehead atoms.